The summed E-state index contributed by atoms with van der Waals surface area (Å²) in [6.45, 7) is 11.6. The van der Waals surface area contributed by atoms with E-state index in [-0.39, 0.29) is 24.4 Å². The highest BCUT2D eigenvalue weighted by Crippen LogP contribution is 2.30. The number of halogens is 1. The van der Waals surface area contributed by atoms with E-state index >= 15 is 0 Å². The average Bonchev–Trinajstić information content (AvgIpc) is 2.80. The Balaban J connectivity index is 0.00000242. The molecule has 122 valence electrons. The second kappa shape index (κ2) is 7.65. The second-order valence-corrected chi connectivity index (χ2v) is 5.63. The summed E-state index contributed by atoms with van der Waals surface area (Å²) >= 11 is 0. The lowest BCUT2D eigenvalue weighted by atomic mass is 10.0. The number of hydrogen-bond donors (Lipinski definition) is 2. The minimum Gasteiger partial charge on any atom is -0.450 e. The topological polar surface area (TPSA) is 54.3 Å². The molecular formula is C17H25ClN2O2. The van der Waals surface area contributed by atoms with Crippen LogP contribution >= 0.6 is 12.4 Å². The van der Waals surface area contributed by atoms with E-state index in [1.165, 1.54) is 0 Å². The summed E-state index contributed by atoms with van der Waals surface area (Å²) in [5.41, 5.74) is 3.92. The Kier molecular flexibility index (Phi) is 6.45. The van der Waals surface area contributed by atoms with E-state index < -0.39 is 0 Å². The molecule has 1 amide bonds. The number of rotatable bonds is 5. The molecule has 0 spiro atoms. The van der Waals surface area contributed by atoms with Crippen molar-refractivity contribution in [1.82, 2.24) is 10.6 Å². The van der Waals surface area contributed by atoms with Crippen LogP contribution in [0.15, 0.2) is 16.5 Å². The van der Waals surface area contributed by atoms with E-state index in [1.54, 1.807) is 0 Å². The lowest BCUT2D eigenvalue weighted by Crippen LogP contribution is -2.38. The molecule has 0 saturated heterocycles. The molecule has 0 aliphatic rings. The molecule has 0 unspecified atom stereocenters. The number of benzene rings is 1. The lowest BCUT2D eigenvalue weighted by molar-refractivity contribution is 0.0924. The Morgan fingerprint density at radius 1 is 1.23 bits per heavy atom. The number of carbonyl (C=O) groups is 1. The zero-order chi connectivity index (χ0) is 15.6. The molecule has 2 rings (SSSR count). The fourth-order valence-corrected chi connectivity index (χ4v) is 2.64. The molecule has 5 heteroatoms. The van der Waals surface area contributed by atoms with E-state index in [0.29, 0.717) is 12.3 Å². The molecule has 0 aliphatic carbocycles. The number of hydrogen-bond acceptors (Lipinski definition) is 3. The number of fused-ring (bicyclic) bond motifs is 1. The number of amides is 1. The van der Waals surface area contributed by atoms with Gasteiger partial charge in [0.15, 0.2) is 5.76 Å². The van der Waals surface area contributed by atoms with E-state index in [9.17, 15) is 4.79 Å². The standard InChI is InChI=1S/C17H24N2O2.ClH/c1-6-18-12(4)9-19-17(20)16-13(5)14-10(2)7-8-11(3)15(14)21-16;/h7-8,12,18H,6,9H2,1-5H3,(H,19,20);1H/t12-;/m1./s1. The number of aryl methyl sites for hydroxylation is 3. The van der Waals surface area contributed by atoms with E-state index in [0.717, 1.165) is 34.2 Å². The predicted molar refractivity (Wildman–Crippen MR) is 93.1 cm³/mol. The van der Waals surface area contributed by atoms with Gasteiger partial charge in [-0.25, -0.2) is 0 Å². The molecule has 1 aromatic carbocycles. The molecule has 0 saturated carbocycles. The van der Waals surface area contributed by atoms with E-state index in [4.69, 9.17) is 4.42 Å². The number of carbonyl (C=O) groups excluding carboxylic acids is 1. The summed E-state index contributed by atoms with van der Waals surface area (Å²) in [5, 5.41) is 7.25. The minimum atomic E-state index is -0.146. The van der Waals surface area contributed by atoms with Crippen molar-refractivity contribution in [2.75, 3.05) is 13.1 Å². The van der Waals surface area contributed by atoms with Crippen molar-refractivity contribution >= 4 is 29.3 Å². The Labute approximate surface area is 138 Å². The maximum absolute atomic E-state index is 12.3. The first-order chi connectivity index (χ1) is 9.95. The Bertz CT molecular complexity index is 664. The first-order valence-corrected chi connectivity index (χ1v) is 7.46. The molecular weight excluding hydrogens is 300 g/mol. The fourth-order valence-electron chi connectivity index (χ4n) is 2.64. The smallest absolute Gasteiger partial charge is 0.287 e. The van der Waals surface area contributed by atoms with Gasteiger partial charge in [-0.2, -0.15) is 0 Å². The summed E-state index contributed by atoms with van der Waals surface area (Å²) < 4.78 is 5.83. The normalized spacial score (nSPS) is 12.0. The van der Waals surface area contributed by atoms with Crippen molar-refractivity contribution < 1.29 is 9.21 Å². The Hall–Kier alpha value is -1.52. The van der Waals surface area contributed by atoms with Gasteiger partial charge in [-0.05, 0) is 45.4 Å². The minimum absolute atomic E-state index is 0. The van der Waals surface area contributed by atoms with Crippen LogP contribution in [0.4, 0.5) is 0 Å². The summed E-state index contributed by atoms with van der Waals surface area (Å²) in [4.78, 5) is 12.3. The highest BCUT2D eigenvalue weighted by Gasteiger charge is 2.20. The van der Waals surface area contributed by atoms with Crippen LogP contribution in [-0.4, -0.2) is 25.0 Å². The Morgan fingerprint density at radius 3 is 2.45 bits per heavy atom. The second-order valence-electron chi connectivity index (χ2n) is 5.63. The number of likely N-dealkylation sites (N-methyl/N-ethyl adjacent to an activating group) is 1. The quantitative estimate of drug-likeness (QED) is 0.885. The highest BCUT2D eigenvalue weighted by molar-refractivity contribution is 6.00. The van der Waals surface area contributed by atoms with Crippen LogP contribution < -0.4 is 10.6 Å². The molecule has 22 heavy (non-hydrogen) atoms. The molecule has 0 radical (unpaired) electrons. The van der Waals surface area contributed by atoms with Gasteiger partial charge in [-0.1, -0.05) is 19.1 Å². The molecule has 1 atom stereocenters. The van der Waals surface area contributed by atoms with E-state index in [2.05, 4.69) is 16.7 Å². The summed E-state index contributed by atoms with van der Waals surface area (Å²) in [6, 6.07) is 4.33. The van der Waals surface area contributed by atoms with Crippen molar-refractivity contribution in [2.45, 2.75) is 40.7 Å². The predicted octanol–water partition coefficient (Wildman–Crippen LogP) is 3.51. The van der Waals surface area contributed by atoms with Crippen molar-refractivity contribution in [3.8, 4) is 0 Å². The van der Waals surface area contributed by atoms with Gasteiger partial charge < -0.3 is 15.1 Å². The average molecular weight is 325 g/mol. The molecule has 0 bridgehead atoms. The summed E-state index contributed by atoms with van der Waals surface area (Å²) in [6.07, 6.45) is 0. The summed E-state index contributed by atoms with van der Waals surface area (Å²) in [7, 11) is 0. The number of furan rings is 1. The first kappa shape index (κ1) is 18.5. The SMILES string of the molecule is CCN[C@H](C)CNC(=O)c1oc2c(C)ccc(C)c2c1C.Cl. The molecule has 4 nitrogen and oxygen atoms in total. The van der Waals surface area contributed by atoms with Gasteiger partial charge in [0.05, 0.1) is 0 Å². The molecule has 2 N–H and O–H groups in total. The first-order valence-electron chi connectivity index (χ1n) is 7.46. The maximum atomic E-state index is 12.3. The van der Waals surface area contributed by atoms with Gasteiger partial charge in [0.25, 0.3) is 5.91 Å². The van der Waals surface area contributed by atoms with E-state index in [1.807, 2.05) is 40.7 Å². The third-order valence-corrected chi connectivity index (χ3v) is 3.81. The third-order valence-electron chi connectivity index (χ3n) is 3.81. The highest BCUT2D eigenvalue weighted by atomic mass is 35.5. The van der Waals surface area contributed by atoms with Crippen molar-refractivity contribution in [3.05, 3.63) is 34.6 Å². The van der Waals surface area contributed by atoms with Crippen LogP contribution in [0.25, 0.3) is 11.0 Å². The van der Waals surface area contributed by atoms with Crippen LogP contribution in [0, 0.1) is 20.8 Å². The molecule has 2 aromatic rings. The molecule has 0 fully saturated rings. The van der Waals surface area contributed by atoms with Crippen molar-refractivity contribution in [1.29, 1.82) is 0 Å². The van der Waals surface area contributed by atoms with Crippen LogP contribution in [0.3, 0.4) is 0 Å². The largest absolute Gasteiger partial charge is 0.450 e. The molecule has 1 heterocycles. The zero-order valence-corrected chi connectivity index (χ0v) is 14.7. The van der Waals surface area contributed by atoms with Crippen LogP contribution in [0.5, 0.6) is 0 Å². The zero-order valence-electron chi connectivity index (χ0n) is 13.9. The third kappa shape index (κ3) is 3.62. The van der Waals surface area contributed by atoms with Crippen LogP contribution in [0.1, 0.15) is 41.1 Å². The monoisotopic (exact) mass is 324 g/mol. The Morgan fingerprint density at radius 2 is 1.86 bits per heavy atom. The molecule has 1 aromatic heterocycles. The fraction of sp³-hybridized carbons (Fsp3) is 0.471. The number of nitrogens with one attached hydrogen (secondary N) is 2. The maximum Gasteiger partial charge on any atom is 0.287 e. The lowest BCUT2D eigenvalue weighted by Gasteiger charge is -2.12. The summed E-state index contributed by atoms with van der Waals surface area (Å²) in [5.74, 6) is 0.276. The van der Waals surface area contributed by atoms with Gasteiger partial charge in [0, 0.05) is 23.5 Å². The van der Waals surface area contributed by atoms with Crippen LogP contribution in [-0.2, 0) is 0 Å². The van der Waals surface area contributed by atoms with Gasteiger partial charge in [-0.15, -0.1) is 12.4 Å². The van der Waals surface area contributed by atoms with Gasteiger partial charge >= 0.3 is 0 Å². The van der Waals surface area contributed by atoms with Gasteiger partial charge in [0.2, 0.25) is 0 Å². The van der Waals surface area contributed by atoms with Gasteiger partial charge in [-0.3, -0.25) is 4.79 Å². The van der Waals surface area contributed by atoms with Crippen LogP contribution in [0.2, 0.25) is 0 Å². The van der Waals surface area contributed by atoms with Crippen molar-refractivity contribution in [3.63, 3.8) is 0 Å². The van der Waals surface area contributed by atoms with Crippen molar-refractivity contribution in [2.24, 2.45) is 0 Å². The molecule has 0 aliphatic heterocycles. The van der Waals surface area contributed by atoms with Gasteiger partial charge in [0.1, 0.15) is 5.58 Å².